The van der Waals surface area contributed by atoms with E-state index in [2.05, 4.69) is 10.6 Å². The number of anilines is 2. The Labute approximate surface area is 156 Å². The van der Waals surface area contributed by atoms with E-state index in [-0.39, 0.29) is 11.7 Å². The number of urea groups is 1. The van der Waals surface area contributed by atoms with Crippen LogP contribution in [0.2, 0.25) is 5.02 Å². The lowest BCUT2D eigenvalue weighted by atomic mass is 10.1. The molecule has 3 amide bonds. The summed E-state index contributed by atoms with van der Waals surface area (Å²) in [7, 11) is 0. The molecule has 134 valence electrons. The Kier molecular flexibility index (Phi) is 5.53. The normalized spacial score (nSPS) is 14.0. The van der Waals surface area contributed by atoms with Crippen LogP contribution in [0.5, 0.6) is 0 Å². The van der Waals surface area contributed by atoms with Crippen LogP contribution < -0.4 is 10.6 Å². The number of ketones is 1. The Hall–Kier alpha value is -2.86. The second-order valence-corrected chi connectivity index (χ2v) is 6.43. The van der Waals surface area contributed by atoms with Gasteiger partial charge in [-0.15, -0.1) is 0 Å². The molecule has 0 aliphatic carbocycles. The Bertz CT molecular complexity index is 826. The van der Waals surface area contributed by atoms with Gasteiger partial charge in [0, 0.05) is 47.9 Å². The quantitative estimate of drug-likeness (QED) is 0.861. The van der Waals surface area contributed by atoms with Gasteiger partial charge in [-0.2, -0.15) is 0 Å². The Morgan fingerprint density at radius 1 is 0.923 bits per heavy atom. The molecule has 2 aromatic rings. The molecule has 0 spiro atoms. The number of hydrogen-bond donors (Lipinski definition) is 2. The van der Waals surface area contributed by atoms with Crippen LogP contribution in [0.4, 0.5) is 16.2 Å². The van der Waals surface area contributed by atoms with E-state index in [1.165, 1.54) is 0 Å². The molecule has 3 rings (SSSR count). The van der Waals surface area contributed by atoms with Gasteiger partial charge in [0.25, 0.3) is 5.91 Å². The van der Waals surface area contributed by atoms with Crippen molar-refractivity contribution >= 4 is 40.7 Å². The molecule has 0 unspecified atom stereocenters. The van der Waals surface area contributed by atoms with Gasteiger partial charge in [0.05, 0.1) is 0 Å². The molecule has 7 heteroatoms. The van der Waals surface area contributed by atoms with Crippen LogP contribution in [-0.4, -0.2) is 35.7 Å². The fraction of sp³-hybridized carbons (Fsp3) is 0.211. The third-order valence-corrected chi connectivity index (χ3v) is 4.33. The first-order chi connectivity index (χ1) is 12.5. The van der Waals surface area contributed by atoms with Crippen molar-refractivity contribution in [2.24, 2.45) is 0 Å². The topological polar surface area (TPSA) is 78.5 Å². The molecule has 1 fully saturated rings. The summed E-state index contributed by atoms with van der Waals surface area (Å²) in [5.41, 5.74) is 1.59. The molecule has 1 saturated heterocycles. The lowest BCUT2D eigenvalue weighted by Gasteiger charge is -2.26. The molecule has 0 aromatic heterocycles. The number of carbonyl (C=O) groups excluding carboxylic acids is 3. The van der Waals surface area contributed by atoms with Gasteiger partial charge in [-0.1, -0.05) is 17.7 Å². The van der Waals surface area contributed by atoms with E-state index in [0.29, 0.717) is 47.9 Å². The molecular formula is C19H18ClN3O3. The van der Waals surface area contributed by atoms with Crippen LogP contribution in [0, 0.1) is 0 Å². The van der Waals surface area contributed by atoms with Crippen LogP contribution in [0.25, 0.3) is 0 Å². The molecular weight excluding hydrogens is 354 g/mol. The van der Waals surface area contributed by atoms with E-state index < -0.39 is 6.03 Å². The average Bonchev–Trinajstić information content (AvgIpc) is 2.64. The summed E-state index contributed by atoms with van der Waals surface area (Å²) < 4.78 is 0. The van der Waals surface area contributed by atoms with E-state index in [9.17, 15) is 14.4 Å². The molecule has 1 aliphatic rings. The highest BCUT2D eigenvalue weighted by Gasteiger charge is 2.22. The number of amides is 3. The first kappa shape index (κ1) is 17.9. The van der Waals surface area contributed by atoms with Gasteiger partial charge < -0.3 is 15.5 Å². The van der Waals surface area contributed by atoms with Gasteiger partial charge in [-0.25, -0.2) is 4.79 Å². The van der Waals surface area contributed by atoms with Crippen LogP contribution in [0.15, 0.2) is 48.5 Å². The summed E-state index contributed by atoms with van der Waals surface area (Å²) in [4.78, 5) is 37.6. The predicted octanol–water partition coefficient (Wildman–Crippen LogP) is 3.79. The number of nitrogens with zero attached hydrogens (tertiary/aromatic N) is 1. The molecule has 0 atom stereocenters. The third-order valence-electron chi connectivity index (χ3n) is 4.08. The number of carbonyl (C=O) groups is 3. The third kappa shape index (κ3) is 4.61. The number of nitrogens with one attached hydrogen (secondary N) is 2. The number of likely N-dealkylation sites (tertiary alicyclic amines) is 1. The lowest BCUT2D eigenvalue weighted by molar-refractivity contribution is -0.120. The fourth-order valence-corrected chi connectivity index (χ4v) is 2.82. The van der Waals surface area contributed by atoms with Gasteiger partial charge in [-0.3, -0.25) is 9.59 Å². The zero-order valence-electron chi connectivity index (χ0n) is 14.0. The Balaban J connectivity index is 1.63. The van der Waals surface area contributed by atoms with Crippen molar-refractivity contribution in [3.05, 3.63) is 59.1 Å². The van der Waals surface area contributed by atoms with Crippen LogP contribution in [-0.2, 0) is 4.79 Å². The van der Waals surface area contributed by atoms with Crippen molar-refractivity contribution in [2.45, 2.75) is 12.8 Å². The zero-order chi connectivity index (χ0) is 18.5. The van der Waals surface area contributed by atoms with E-state index in [0.717, 1.165) is 0 Å². The standard InChI is InChI=1S/C19H18ClN3O3/c20-14-4-6-15(7-5-14)21-19(26)22-16-3-1-2-13(12-16)18(25)23-10-8-17(24)9-11-23/h1-7,12H,8-11H2,(H2,21,22,26). The van der Waals surface area contributed by atoms with E-state index in [1.807, 2.05) is 0 Å². The fourth-order valence-electron chi connectivity index (χ4n) is 2.70. The molecule has 2 N–H and O–H groups in total. The average molecular weight is 372 g/mol. The lowest BCUT2D eigenvalue weighted by Crippen LogP contribution is -2.38. The highest BCUT2D eigenvalue weighted by atomic mass is 35.5. The van der Waals surface area contributed by atoms with Crippen molar-refractivity contribution < 1.29 is 14.4 Å². The number of Topliss-reactive ketones (excluding diaryl/α,β-unsaturated/α-hetero) is 1. The summed E-state index contributed by atoms with van der Waals surface area (Å²) >= 11 is 5.81. The minimum absolute atomic E-state index is 0.140. The van der Waals surface area contributed by atoms with Crippen molar-refractivity contribution in [2.75, 3.05) is 23.7 Å². The zero-order valence-corrected chi connectivity index (χ0v) is 14.8. The van der Waals surface area contributed by atoms with Crippen LogP contribution >= 0.6 is 11.6 Å². The van der Waals surface area contributed by atoms with Gasteiger partial charge in [0.2, 0.25) is 0 Å². The van der Waals surface area contributed by atoms with Crippen molar-refractivity contribution in [1.82, 2.24) is 4.90 Å². The number of halogens is 1. The Morgan fingerprint density at radius 3 is 2.27 bits per heavy atom. The van der Waals surface area contributed by atoms with Crippen molar-refractivity contribution in [3.8, 4) is 0 Å². The van der Waals surface area contributed by atoms with E-state index in [1.54, 1.807) is 53.4 Å². The van der Waals surface area contributed by atoms with Gasteiger partial charge in [0.1, 0.15) is 5.78 Å². The minimum Gasteiger partial charge on any atom is -0.338 e. The van der Waals surface area contributed by atoms with Gasteiger partial charge in [-0.05, 0) is 42.5 Å². The molecule has 1 aliphatic heterocycles. The second-order valence-electron chi connectivity index (χ2n) is 6.00. The number of hydrogen-bond acceptors (Lipinski definition) is 3. The molecule has 2 aromatic carbocycles. The summed E-state index contributed by atoms with van der Waals surface area (Å²) in [6, 6.07) is 13.1. The maximum atomic E-state index is 12.5. The monoisotopic (exact) mass is 371 g/mol. The first-order valence-electron chi connectivity index (χ1n) is 8.26. The maximum absolute atomic E-state index is 12.5. The molecule has 0 radical (unpaired) electrons. The van der Waals surface area contributed by atoms with Gasteiger partial charge >= 0.3 is 6.03 Å². The summed E-state index contributed by atoms with van der Waals surface area (Å²) in [5.74, 6) is 0.0441. The SMILES string of the molecule is O=C1CCN(C(=O)c2cccc(NC(=O)Nc3ccc(Cl)cc3)c2)CC1. The number of benzene rings is 2. The van der Waals surface area contributed by atoms with Crippen molar-refractivity contribution in [1.29, 1.82) is 0 Å². The van der Waals surface area contributed by atoms with E-state index in [4.69, 9.17) is 11.6 Å². The summed E-state index contributed by atoms with van der Waals surface area (Å²) in [6.45, 7) is 0.874. The minimum atomic E-state index is -0.416. The number of piperidine rings is 1. The second kappa shape index (κ2) is 8.01. The summed E-state index contributed by atoms with van der Waals surface area (Å²) in [6.07, 6.45) is 0.792. The highest BCUT2D eigenvalue weighted by Crippen LogP contribution is 2.17. The van der Waals surface area contributed by atoms with Crippen LogP contribution in [0.1, 0.15) is 23.2 Å². The largest absolute Gasteiger partial charge is 0.338 e. The molecule has 0 bridgehead atoms. The molecule has 26 heavy (non-hydrogen) atoms. The highest BCUT2D eigenvalue weighted by molar-refractivity contribution is 6.30. The predicted molar refractivity (Wildman–Crippen MR) is 101 cm³/mol. The molecule has 0 saturated carbocycles. The Morgan fingerprint density at radius 2 is 1.58 bits per heavy atom. The van der Waals surface area contributed by atoms with E-state index >= 15 is 0 Å². The first-order valence-corrected chi connectivity index (χ1v) is 8.64. The number of rotatable bonds is 3. The van der Waals surface area contributed by atoms with Crippen molar-refractivity contribution in [3.63, 3.8) is 0 Å². The molecule has 1 heterocycles. The van der Waals surface area contributed by atoms with Crippen LogP contribution in [0.3, 0.4) is 0 Å². The summed E-state index contributed by atoms with van der Waals surface area (Å²) in [5, 5.41) is 5.98. The molecule has 6 nitrogen and oxygen atoms in total. The van der Waals surface area contributed by atoms with Gasteiger partial charge in [0.15, 0.2) is 0 Å². The smallest absolute Gasteiger partial charge is 0.323 e. The maximum Gasteiger partial charge on any atom is 0.323 e.